The van der Waals surface area contributed by atoms with Gasteiger partial charge in [-0.15, -0.1) is 0 Å². The van der Waals surface area contributed by atoms with Gasteiger partial charge in [-0.3, -0.25) is 0 Å². The lowest BCUT2D eigenvalue weighted by atomic mass is 10.00. The van der Waals surface area contributed by atoms with Gasteiger partial charge < -0.3 is 14.0 Å². The van der Waals surface area contributed by atoms with Crippen molar-refractivity contribution in [2.24, 2.45) is 0 Å². The van der Waals surface area contributed by atoms with Crippen LogP contribution >= 0.6 is 0 Å². The summed E-state index contributed by atoms with van der Waals surface area (Å²) in [6.07, 6.45) is 0. The van der Waals surface area contributed by atoms with Crippen LogP contribution in [0.25, 0.3) is 11.1 Å². The highest BCUT2D eigenvalue weighted by Crippen LogP contribution is 2.30. The summed E-state index contributed by atoms with van der Waals surface area (Å²) < 4.78 is 16.3. The topological polar surface area (TPSA) is 44.5 Å². The fourth-order valence-electron chi connectivity index (χ4n) is 2.76. The molecular formula is C22H29NO3. The molecule has 0 N–H and O–H groups in total. The molecular weight excluding hydrogens is 326 g/mol. The predicted molar refractivity (Wildman–Crippen MR) is 106 cm³/mol. The summed E-state index contributed by atoms with van der Waals surface area (Å²) in [5, 5.41) is 3.94. The van der Waals surface area contributed by atoms with Crippen molar-refractivity contribution in [3.05, 3.63) is 71.1 Å². The Labute approximate surface area is 156 Å². The second-order valence-electron chi connectivity index (χ2n) is 5.81. The van der Waals surface area contributed by atoms with E-state index < -0.39 is 0 Å². The van der Waals surface area contributed by atoms with Crippen molar-refractivity contribution >= 4 is 0 Å². The van der Waals surface area contributed by atoms with Crippen LogP contribution < -0.4 is 4.74 Å². The first-order valence-corrected chi connectivity index (χ1v) is 7.90. The monoisotopic (exact) mass is 355 g/mol. The molecule has 4 heteroatoms. The molecule has 0 spiro atoms. The lowest BCUT2D eigenvalue weighted by Crippen LogP contribution is -1.98. The van der Waals surface area contributed by atoms with E-state index in [1.165, 1.54) is 11.1 Å². The number of benzene rings is 2. The van der Waals surface area contributed by atoms with Crippen LogP contribution in [0, 0.1) is 13.8 Å². The summed E-state index contributed by atoms with van der Waals surface area (Å²) in [4.78, 5) is 0. The van der Waals surface area contributed by atoms with Gasteiger partial charge in [0.15, 0.2) is 5.76 Å². The SMILES string of the molecule is C.C.COCc1cc(COc2c(C)cc(-c3ccccc3)cc2C)on1. The first-order valence-electron chi connectivity index (χ1n) is 7.90. The van der Waals surface area contributed by atoms with Crippen LogP contribution in [-0.2, 0) is 18.0 Å². The second-order valence-corrected chi connectivity index (χ2v) is 5.81. The number of rotatable bonds is 6. The van der Waals surface area contributed by atoms with Crippen molar-refractivity contribution in [2.75, 3.05) is 7.11 Å². The Morgan fingerprint density at radius 3 is 2.15 bits per heavy atom. The quantitative estimate of drug-likeness (QED) is 0.547. The second kappa shape index (κ2) is 9.78. The zero-order valence-corrected chi connectivity index (χ0v) is 14.2. The molecule has 0 saturated carbocycles. The van der Waals surface area contributed by atoms with Gasteiger partial charge in [0.2, 0.25) is 0 Å². The van der Waals surface area contributed by atoms with E-state index in [9.17, 15) is 0 Å². The molecule has 0 unspecified atom stereocenters. The number of ether oxygens (including phenoxy) is 2. The number of aryl methyl sites for hydroxylation is 2. The molecule has 3 aromatic rings. The van der Waals surface area contributed by atoms with E-state index in [0.717, 1.165) is 22.6 Å². The molecule has 0 radical (unpaired) electrons. The van der Waals surface area contributed by atoms with Crippen LogP contribution in [-0.4, -0.2) is 12.3 Å². The minimum atomic E-state index is 0. The minimum Gasteiger partial charge on any atom is -0.485 e. The third kappa shape index (κ3) is 4.96. The largest absolute Gasteiger partial charge is 0.485 e. The molecule has 1 heterocycles. The van der Waals surface area contributed by atoms with Crippen LogP contribution in [0.2, 0.25) is 0 Å². The van der Waals surface area contributed by atoms with E-state index in [-0.39, 0.29) is 14.9 Å². The fraction of sp³-hybridized carbons (Fsp3) is 0.318. The van der Waals surface area contributed by atoms with E-state index >= 15 is 0 Å². The van der Waals surface area contributed by atoms with E-state index in [2.05, 4.69) is 43.3 Å². The average Bonchev–Trinajstić information content (AvgIpc) is 3.03. The number of nitrogens with zero attached hydrogens (tertiary/aromatic N) is 1. The van der Waals surface area contributed by atoms with Crippen molar-refractivity contribution in [3.8, 4) is 16.9 Å². The molecule has 0 bridgehead atoms. The molecule has 0 saturated heterocycles. The highest BCUT2D eigenvalue weighted by atomic mass is 16.5. The highest BCUT2D eigenvalue weighted by Gasteiger charge is 2.10. The molecule has 0 amide bonds. The molecule has 0 aliphatic carbocycles. The molecule has 2 aromatic carbocycles. The number of hydrogen-bond acceptors (Lipinski definition) is 4. The van der Waals surface area contributed by atoms with Crippen LogP contribution in [0.4, 0.5) is 0 Å². The molecule has 1 aromatic heterocycles. The molecule has 3 rings (SSSR count). The molecule has 0 aliphatic rings. The van der Waals surface area contributed by atoms with Gasteiger partial charge in [0.25, 0.3) is 0 Å². The average molecular weight is 355 g/mol. The van der Waals surface area contributed by atoms with E-state index in [1.54, 1.807) is 7.11 Å². The number of aromatic nitrogens is 1. The van der Waals surface area contributed by atoms with Gasteiger partial charge in [0.05, 0.1) is 6.61 Å². The maximum absolute atomic E-state index is 5.96. The molecule has 140 valence electrons. The van der Waals surface area contributed by atoms with Gasteiger partial charge in [-0.2, -0.15) is 0 Å². The van der Waals surface area contributed by atoms with Crippen molar-refractivity contribution in [1.82, 2.24) is 5.16 Å². The Kier molecular flexibility index (Phi) is 8.07. The molecule has 26 heavy (non-hydrogen) atoms. The van der Waals surface area contributed by atoms with Gasteiger partial charge >= 0.3 is 0 Å². The fourth-order valence-corrected chi connectivity index (χ4v) is 2.76. The lowest BCUT2D eigenvalue weighted by Gasteiger charge is -2.13. The molecule has 4 nitrogen and oxygen atoms in total. The van der Waals surface area contributed by atoms with Crippen LogP contribution in [0.1, 0.15) is 37.4 Å². The van der Waals surface area contributed by atoms with Gasteiger partial charge in [-0.25, -0.2) is 0 Å². The first kappa shape index (κ1) is 21.5. The summed E-state index contributed by atoms with van der Waals surface area (Å²) in [5.74, 6) is 1.58. The zero-order chi connectivity index (χ0) is 16.9. The summed E-state index contributed by atoms with van der Waals surface area (Å²) >= 11 is 0. The molecule has 0 aliphatic heterocycles. The third-order valence-electron chi connectivity index (χ3n) is 3.83. The maximum atomic E-state index is 5.96. The Balaban J connectivity index is 0.00000169. The molecule has 0 fully saturated rings. The normalized spacial score (nSPS) is 9.96. The lowest BCUT2D eigenvalue weighted by molar-refractivity contribution is 0.176. The van der Waals surface area contributed by atoms with Gasteiger partial charge in [-0.05, 0) is 48.2 Å². The predicted octanol–water partition coefficient (Wildman–Crippen LogP) is 5.96. The Morgan fingerprint density at radius 2 is 1.54 bits per heavy atom. The minimum absolute atomic E-state index is 0. The van der Waals surface area contributed by atoms with Crippen LogP contribution in [0.3, 0.4) is 0 Å². The Bertz CT molecular complexity index is 786. The summed E-state index contributed by atoms with van der Waals surface area (Å²) in [5.41, 5.74) is 5.37. The summed E-state index contributed by atoms with van der Waals surface area (Å²) in [6, 6.07) is 16.5. The first-order chi connectivity index (χ1) is 11.7. The van der Waals surface area contributed by atoms with Crippen LogP contribution in [0.15, 0.2) is 53.1 Å². The van der Waals surface area contributed by atoms with Gasteiger partial charge in [-0.1, -0.05) is 50.3 Å². The summed E-state index contributed by atoms with van der Waals surface area (Å²) in [6.45, 7) is 4.91. The maximum Gasteiger partial charge on any atom is 0.174 e. The smallest absolute Gasteiger partial charge is 0.174 e. The van der Waals surface area contributed by atoms with Crippen molar-refractivity contribution in [2.45, 2.75) is 41.9 Å². The Morgan fingerprint density at radius 1 is 0.885 bits per heavy atom. The summed E-state index contributed by atoms with van der Waals surface area (Å²) in [7, 11) is 1.63. The number of hydrogen-bond donors (Lipinski definition) is 0. The van der Waals surface area contributed by atoms with E-state index in [4.69, 9.17) is 14.0 Å². The Hall–Kier alpha value is -2.59. The zero-order valence-electron chi connectivity index (χ0n) is 14.2. The van der Waals surface area contributed by atoms with Crippen LogP contribution in [0.5, 0.6) is 5.75 Å². The van der Waals surface area contributed by atoms with Crippen molar-refractivity contribution in [1.29, 1.82) is 0 Å². The van der Waals surface area contributed by atoms with Crippen molar-refractivity contribution in [3.63, 3.8) is 0 Å². The van der Waals surface area contributed by atoms with Crippen molar-refractivity contribution < 1.29 is 14.0 Å². The standard InChI is InChI=1S/C20H21NO3.2CH4/c1-14-9-17(16-7-5-4-6-8-16)10-15(2)20(14)23-13-19-11-18(12-22-3)21-24-19;;/h4-11H,12-13H2,1-3H3;2*1H4. The van der Waals surface area contributed by atoms with Gasteiger partial charge in [0, 0.05) is 13.2 Å². The third-order valence-corrected chi connectivity index (χ3v) is 3.83. The van der Waals surface area contributed by atoms with E-state index in [0.29, 0.717) is 19.0 Å². The molecule has 0 atom stereocenters. The highest BCUT2D eigenvalue weighted by molar-refractivity contribution is 5.67. The van der Waals surface area contributed by atoms with E-state index in [1.807, 2.05) is 24.3 Å². The van der Waals surface area contributed by atoms with Gasteiger partial charge in [0.1, 0.15) is 18.1 Å². The number of methoxy groups -OCH3 is 1.